The smallest absolute Gasteiger partial charge is 0.222 e. The van der Waals surface area contributed by atoms with Crippen LogP contribution in [0.4, 0.5) is 4.39 Å². The second kappa shape index (κ2) is 9.43. The molecule has 7 heteroatoms. The van der Waals surface area contributed by atoms with Crippen LogP contribution in [0, 0.1) is 5.82 Å². The number of rotatable bonds is 6. The lowest BCUT2D eigenvalue weighted by Gasteiger charge is -2.24. The molecule has 2 aromatic heterocycles. The molecule has 0 saturated carbocycles. The number of amides is 1. The molecular formula is C24H23ClFN3O2. The maximum absolute atomic E-state index is 13.4. The Kier molecular flexibility index (Phi) is 6.47. The van der Waals surface area contributed by atoms with Gasteiger partial charge < -0.3 is 9.64 Å². The van der Waals surface area contributed by atoms with Crippen LogP contribution in [0.5, 0.6) is 5.88 Å². The van der Waals surface area contributed by atoms with Crippen molar-refractivity contribution in [2.75, 3.05) is 13.2 Å². The third kappa shape index (κ3) is 4.69. The maximum atomic E-state index is 13.4. The van der Waals surface area contributed by atoms with E-state index < -0.39 is 0 Å². The van der Waals surface area contributed by atoms with E-state index in [1.165, 1.54) is 12.1 Å². The highest BCUT2D eigenvalue weighted by Crippen LogP contribution is 2.37. The lowest BCUT2D eigenvalue weighted by atomic mass is 9.97. The molecule has 1 fully saturated rings. The van der Waals surface area contributed by atoms with Crippen LogP contribution in [-0.2, 0) is 4.79 Å². The topological polar surface area (TPSA) is 55.3 Å². The molecule has 0 bridgehead atoms. The molecule has 4 rings (SSSR count). The van der Waals surface area contributed by atoms with Crippen LogP contribution < -0.4 is 4.74 Å². The molecule has 160 valence electrons. The summed E-state index contributed by atoms with van der Waals surface area (Å²) in [6.45, 7) is 3.03. The van der Waals surface area contributed by atoms with E-state index >= 15 is 0 Å². The van der Waals surface area contributed by atoms with Gasteiger partial charge in [-0.2, -0.15) is 0 Å². The molecule has 0 N–H and O–H groups in total. The lowest BCUT2D eigenvalue weighted by molar-refractivity contribution is -0.132. The van der Waals surface area contributed by atoms with Crippen molar-refractivity contribution < 1.29 is 13.9 Å². The van der Waals surface area contributed by atoms with E-state index in [1.54, 1.807) is 30.7 Å². The summed E-state index contributed by atoms with van der Waals surface area (Å²) >= 11 is 6.42. The highest BCUT2D eigenvalue weighted by atomic mass is 35.5. The minimum Gasteiger partial charge on any atom is -0.475 e. The summed E-state index contributed by atoms with van der Waals surface area (Å²) in [5.74, 6) is 0.294. The molecule has 1 aliphatic rings. The Bertz CT molecular complexity index is 1070. The van der Waals surface area contributed by atoms with Gasteiger partial charge in [-0.1, -0.05) is 30.7 Å². The van der Waals surface area contributed by atoms with Gasteiger partial charge in [0.15, 0.2) is 0 Å². The minimum atomic E-state index is -0.303. The Morgan fingerprint density at radius 1 is 1.19 bits per heavy atom. The van der Waals surface area contributed by atoms with Crippen LogP contribution in [0.25, 0.3) is 22.3 Å². The first-order chi connectivity index (χ1) is 15.1. The quantitative estimate of drug-likeness (QED) is 0.517. The molecule has 0 aliphatic carbocycles. The van der Waals surface area contributed by atoms with E-state index in [2.05, 4.69) is 9.97 Å². The zero-order chi connectivity index (χ0) is 21.8. The fraction of sp³-hybridized carbons (Fsp3) is 0.292. The fourth-order valence-electron chi connectivity index (χ4n) is 3.91. The van der Waals surface area contributed by atoms with Gasteiger partial charge in [-0.15, -0.1) is 0 Å². The van der Waals surface area contributed by atoms with E-state index in [1.807, 2.05) is 24.0 Å². The van der Waals surface area contributed by atoms with E-state index in [0.29, 0.717) is 23.9 Å². The summed E-state index contributed by atoms with van der Waals surface area (Å²) < 4.78 is 19.4. The first kappa shape index (κ1) is 21.2. The van der Waals surface area contributed by atoms with Gasteiger partial charge in [0, 0.05) is 48.7 Å². The SMILES string of the molecule is CCC(=O)N1CCCC1COc1cc(-c2ccncc2Cl)c(-c2ccc(F)cc2)cn1. The van der Waals surface area contributed by atoms with Crippen LogP contribution in [-0.4, -0.2) is 40.0 Å². The molecule has 1 aliphatic heterocycles. The number of ether oxygens (including phenoxy) is 1. The summed E-state index contributed by atoms with van der Waals surface area (Å²) in [4.78, 5) is 22.6. The van der Waals surface area contributed by atoms with Crippen molar-refractivity contribution in [3.8, 4) is 28.1 Å². The summed E-state index contributed by atoms with van der Waals surface area (Å²) in [6.07, 6.45) is 7.35. The van der Waals surface area contributed by atoms with Crippen LogP contribution in [0.3, 0.4) is 0 Å². The van der Waals surface area contributed by atoms with E-state index in [4.69, 9.17) is 16.3 Å². The normalized spacial score (nSPS) is 15.8. The molecule has 1 atom stereocenters. The van der Waals surface area contributed by atoms with Crippen molar-refractivity contribution in [3.05, 3.63) is 65.8 Å². The number of aromatic nitrogens is 2. The Hall–Kier alpha value is -2.99. The molecular weight excluding hydrogens is 417 g/mol. The first-order valence-electron chi connectivity index (χ1n) is 10.3. The Balaban J connectivity index is 1.64. The Labute approximate surface area is 185 Å². The van der Waals surface area contributed by atoms with Crippen LogP contribution in [0.1, 0.15) is 26.2 Å². The van der Waals surface area contributed by atoms with Crippen LogP contribution in [0.2, 0.25) is 5.02 Å². The van der Waals surface area contributed by atoms with E-state index in [9.17, 15) is 9.18 Å². The number of hydrogen-bond donors (Lipinski definition) is 0. The molecule has 1 amide bonds. The highest BCUT2D eigenvalue weighted by molar-refractivity contribution is 6.33. The molecule has 3 aromatic rings. The molecule has 1 aromatic carbocycles. The van der Waals surface area contributed by atoms with Crippen molar-refractivity contribution in [3.63, 3.8) is 0 Å². The zero-order valence-electron chi connectivity index (χ0n) is 17.2. The zero-order valence-corrected chi connectivity index (χ0v) is 18.0. The predicted molar refractivity (Wildman–Crippen MR) is 118 cm³/mol. The number of carbonyl (C=O) groups excluding carboxylic acids is 1. The molecule has 0 radical (unpaired) electrons. The highest BCUT2D eigenvalue weighted by Gasteiger charge is 2.28. The number of benzene rings is 1. The molecule has 0 spiro atoms. The van der Waals surface area contributed by atoms with E-state index in [-0.39, 0.29) is 17.8 Å². The van der Waals surface area contributed by atoms with Crippen molar-refractivity contribution in [1.82, 2.24) is 14.9 Å². The third-order valence-corrected chi connectivity index (χ3v) is 5.82. The number of nitrogens with zero attached hydrogens (tertiary/aromatic N) is 3. The van der Waals surface area contributed by atoms with Gasteiger partial charge in [-0.3, -0.25) is 9.78 Å². The van der Waals surface area contributed by atoms with Gasteiger partial charge in [-0.25, -0.2) is 9.37 Å². The molecule has 1 unspecified atom stereocenters. The van der Waals surface area contributed by atoms with Crippen molar-refractivity contribution in [1.29, 1.82) is 0 Å². The lowest BCUT2D eigenvalue weighted by Crippen LogP contribution is -2.38. The summed E-state index contributed by atoms with van der Waals surface area (Å²) in [6, 6.07) is 9.96. The van der Waals surface area contributed by atoms with Gasteiger partial charge >= 0.3 is 0 Å². The molecule has 3 heterocycles. The van der Waals surface area contributed by atoms with Gasteiger partial charge in [0.05, 0.1) is 11.1 Å². The van der Waals surface area contributed by atoms with Gasteiger partial charge in [0.2, 0.25) is 11.8 Å². The molecule has 5 nitrogen and oxygen atoms in total. The van der Waals surface area contributed by atoms with Crippen molar-refractivity contribution in [2.24, 2.45) is 0 Å². The number of carbonyl (C=O) groups is 1. The second-order valence-corrected chi connectivity index (χ2v) is 7.89. The Morgan fingerprint density at radius 2 is 2.00 bits per heavy atom. The second-order valence-electron chi connectivity index (χ2n) is 7.48. The summed E-state index contributed by atoms with van der Waals surface area (Å²) in [7, 11) is 0. The van der Waals surface area contributed by atoms with Crippen molar-refractivity contribution >= 4 is 17.5 Å². The standard InChI is InChI=1S/C24H23ClFN3O2/c1-2-24(30)29-11-3-4-18(29)15-31-23-12-20(19-9-10-27-14-22(19)25)21(13-28-23)16-5-7-17(26)8-6-16/h5-10,12-14,18H,2-4,11,15H2,1H3. The van der Waals surface area contributed by atoms with Gasteiger partial charge in [0.25, 0.3) is 0 Å². The summed E-state index contributed by atoms with van der Waals surface area (Å²) in [5, 5.41) is 0.499. The first-order valence-corrected chi connectivity index (χ1v) is 10.7. The minimum absolute atomic E-state index is 0.0546. The maximum Gasteiger partial charge on any atom is 0.222 e. The van der Waals surface area contributed by atoms with E-state index in [0.717, 1.165) is 41.6 Å². The average Bonchev–Trinajstić information content (AvgIpc) is 3.27. The van der Waals surface area contributed by atoms with Gasteiger partial charge in [0.1, 0.15) is 12.4 Å². The largest absolute Gasteiger partial charge is 0.475 e. The number of pyridine rings is 2. The number of halogens is 2. The van der Waals surface area contributed by atoms with Crippen LogP contribution in [0.15, 0.2) is 55.0 Å². The fourth-order valence-corrected chi connectivity index (χ4v) is 4.13. The summed E-state index contributed by atoms with van der Waals surface area (Å²) in [5.41, 5.74) is 3.23. The number of likely N-dealkylation sites (tertiary alicyclic amines) is 1. The monoisotopic (exact) mass is 439 g/mol. The third-order valence-electron chi connectivity index (χ3n) is 5.52. The van der Waals surface area contributed by atoms with Crippen LogP contribution >= 0.6 is 11.6 Å². The predicted octanol–water partition coefficient (Wildman–Crippen LogP) is 5.38. The Morgan fingerprint density at radius 3 is 2.74 bits per heavy atom. The van der Waals surface area contributed by atoms with Crippen molar-refractivity contribution in [2.45, 2.75) is 32.2 Å². The number of hydrogen-bond acceptors (Lipinski definition) is 4. The molecule has 1 saturated heterocycles. The molecule has 31 heavy (non-hydrogen) atoms. The van der Waals surface area contributed by atoms with Gasteiger partial charge in [-0.05, 0) is 42.2 Å². The average molecular weight is 440 g/mol.